The number of fused-ring (bicyclic) bond motifs is 1. The molecule has 1 amide bonds. The number of carbonyl (C=O) groups excluding carboxylic acids is 1. The number of primary sulfonamides is 1. The van der Waals surface area contributed by atoms with Crippen molar-refractivity contribution in [2.24, 2.45) is 5.14 Å². The number of aryl methyl sites for hydroxylation is 1. The minimum absolute atomic E-state index is 0.0795. The number of nitrogens with two attached hydrogens (primary N) is 1. The summed E-state index contributed by atoms with van der Waals surface area (Å²) in [7, 11) is -3.88. The summed E-state index contributed by atoms with van der Waals surface area (Å²) in [6, 6.07) is 17.7. The zero-order valence-corrected chi connectivity index (χ0v) is 20.5. The van der Waals surface area contributed by atoms with Crippen LogP contribution in [0.15, 0.2) is 82.3 Å². The molecule has 3 aromatic carbocycles. The van der Waals surface area contributed by atoms with Crippen LogP contribution >= 0.6 is 0 Å². The number of ether oxygens (including phenoxy) is 1. The highest BCUT2D eigenvalue weighted by Crippen LogP contribution is 2.40. The van der Waals surface area contributed by atoms with Gasteiger partial charge in [-0.2, -0.15) is 0 Å². The number of hydrogen-bond acceptors (Lipinski definition) is 5. The van der Waals surface area contributed by atoms with Gasteiger partial charge in [0.05, 0.1) is 17.8 Å². The molecule has 8 heteroatoms. The van der Waals surface area contributed by atoms with E-state index in [1.165, 1.54) is 24.3 Å². The lowest BCUT2D eigenvalue weighted by molar-refractivity contribution is -0.111. The second-order valence-corrected chi connectivity index (χ2v) is 9.65. The quantitative estimate of drug-likeness (QED) is 0.333. The highest BCUT2D eigenvalue weighted by Gasteiger charge is 2.19. The van der Waals surface area contributed by atoms with Crippen molar-refractivity contribution in [2.75, 3.05) is 11.9 Å². The summed E-state index contributed by atoms with van der Waals surface area (Å²) >= 11 is 0. The van der Waals surface area contributed by atoms with Gasteiger partial charge in [0.2, 0.25) is 15.9 Å². The van der Waals surface area contributed by atoms with Gasteiger partial charge in [0, 0.05) is 33.8 Å². The van der Waals surface area contributed by atoms with Gasteiger partial charge < -0.3 is 14.5 Å². The maximum atomic E-state index is 12.8. The van der Waals surface area contributed by atoms with E-state index in [1.807, 2.05) is 57.2 Å². The molecule has 0 atom stereocenters. The minimum atomic E-state index is -3.88. The Morgan fingerprint density at radius 1 is 1.11 bits per heavy atom. The van der Waals surface area contributed by atoms with Crippen molar-refractivity contribution in [1.29, 1.82) is 0 Å². The molecule has 180 valence electrons. The summed E-state index contributed by atoms with van der Waals surface area (Å²) in [6.07, 6.45) is 3.19. The highest BCUT2D eigenvalue weighted by molar-refractivity contribution is 7.89. The van der Waals surface area contributed by atoms with Gasteiger partial charge in [0.15, 0.2) is 0 Å². The normalized spacial score (nSPS) is 12.1. The van der Waals surface area contributed by atoms with Crippen LogP contribution in [0, 0.1) is 6.92 Å². The largest absolute Gasteiger partial charge is 0.493 e. The molecule has 0 aliphatic heterocycles. The average Bonchev–Trinajstić information content (AvgIpc) is 3.25. The molecule has 1 heterocycles. The summed E-state index contributed by atoms with van der Waals surface area (Å²) in [4.78, 5) is 12.7. The molecule has 0 fully saturated rings. The van der Waals surface area contributed by atoms with E-state index in [2.05, 4.69) is 5.32 Å². The van der Waals surface area contributed by atoms with Crippen LogP contribution in [0.3, 0.4) is 0 Å². The highest BCUT2D eigenvalue weighted by atomic mass is 32.2. The third-order valence-electron chi connectivity index (χ3n) is 5.62. The second-order valence-electron chi connectivity index (χ2n) is 8.09. The third kappa shape index (κ3) is 5.13. The molecule has 4 aromatic rings. The monoisotopic (exact) mass is 490 g/mol. The molecule has 0 unspecified atom stereocenters. The molecule has 0 saturated heterocycles. The summed E-state index contributed by atoms with van der Waals surface area (Å²) in [5.41, 5.74) is 5.31. The lowest BCUT2D eigenvalue weighted by Crippen LogP contribution is -2.13. The van der Waals surface area contributed by atoms with Crippen molar-refractivity contribution in [2.45, 2.75) is 25.7 Å². The Labute approximate surface area is 204 Å². The fourth-order valence-corrected chi connectivity index (χ4v) is 4.54. The number of allylic oxidation sites excluding steroid dienone is 1. The molecule has 0 bridgehead atoms. The van der Waals surface area contributed by atoms with Crippen LogP contribution in [0.2, 0.25) is 0 Å². The zero-order chi connectivity index (χ0) is 25.2. The lowest BCUT2D eigenvalue weighted by Gasteiger charge is -2.15. The van der Waals surface area contributed by atoms with E-state index < -0.39 is 15.9 Å². The number of carbonyl (C=O) groups is 1. The Hall–Kier alpha value is -3.88. The summed E-state index contributed by atoms with van der Waals surface area (Å²) in [5, 5.41) is 8.80. The molecule has 0 radical (unpaired) electrons. The number of rotatable bonds is 7. The fourth-order valence-electron chi connectivity index (χ4n) is 3.98. The molecule has 0 spiro atoms. The van der Waals surface area contributed by atoms with Gasteiger partial charge in [0.1, 0.15) is 11.3 Å². The molecule has 0 aliphatic rings. The predicted octanol–water partition coefficient (Wildman–Crippen LogP) is 5.50. The summed E-state index contributed by atoms with van der Waals surface area (Å²) < 4.78 is 35.1. The third-order valence-corrected chi connectivity index (χ3v) is 6.53. The van der Waals surface area contributed by atoms with Crippen molar-refractivity contribution in [3.8, 4) is 16.9 Å². The van der Waals surface area contributed by atoms with Gasteiger partial charge in [-0.15, -0.1) is 0 Å². The molecular weight excluding hydrogens is 464 g/mol. The molecule has 0 aliphatic carbocycles. The maximum Gasteiger partial charge on any atom is 0.248 e. The van der Waals surface area contributed by atoms with Crippen molar-refractivity contribution in [1.82, 2.24) is 0 Å². The molecule has 0 saturated carbocycles. The lowest BCUT2D eigenvalue weighted by atomic mass is 9.96. The Bertz CT molecular complexity index is 1540. The Balaban J connectivity index is 1.74. The van der Waals surface area contributed by atoms with Gasteiger partial charge >= 0.3 is 0 Å². The number of sulfonamides is 1. The van der Waals surface area contributed by atoms with Crippen LogP contribution in [0.4, 0.5) is 5.69 Å². The van der Waals surface area contributed by atoms with Crippen molar-refractivity contribution >= 4 is 38.2 Å². The summed E-state index contributed by atoms with van der Waals surface area (Å²) in [6.45, 7) is 6.10. The van der Waals surface area contributed by atoms with Crippen LogP contribution < -0.4 is 15.2 Å². The van der Waals surface area contributed by atoms with Crippen LogP contribution in [-0.2, 0) is 14.8 Å². The number of anilines is 1. The Morgan fingerprint density at radius 2 is 1.86 bits per heavy atom. The van der Waals surface area contributed by atoms with E-state index in [0.717, 1.165) is 33.2 Å². The van der Waals surface area contributed by atoms with Gasteiger partial charge in [-0.3, -0.25) is 4.79 Å². The first-order chi connectivity index (χ1) is 16.7. The van der Waals surface area contributed by atoms with E-state index in [9.17, 15) is 13.2 Å². The van der Waals surface area contributed by atoms with Gasteiger partial charge in [-0.25, -0.2) is 13.6 Å². The number of hydrogen-bond donors (Lipinski definition) is 2. The first-order valence-corrected chi connectivity index (χ1v) is 12.6. The Morgan fingerprint density at radius 3 is 2.54 bits per heavy atom. The molecule has 4 rings (SSSR count). The van der Waals surface area contributed by atoms with Crippen LogP contribution in [0.1, 0.15) is 25.0 Å². The first-order valence-electron chi connectivity index (χ1n) is 11.0. The van der Waals surface area contributed by atoms with E-state index in [0.29, 0.717) is 23.6 Å². The molecular formula is C27H26N2O5S. The molecule has 7 nitrogen and oxygen atoms in total. The first kappa shape index (κ1) is 24.3. The van der Waals surface area contributed by atoms with Gasteiger partial charge in [0.25, 0.3) is 0 Å². The standard InChI is InChI=1S/C27H26N2O5S/c1-4-33-26-18(3)27-23(24(16-34-27)19-9-6-5-7-10-19)15-22(26)17(2)13-25(30)29-20-11-8-12-21(14-20)35(28,31)32/h5-16H,4H2,1-3H3,(H,29,30)(H2,28,31,32)/b17-13+. The predicted molar refractivity (Wildman–Crippen MR) is 138 cm³/mol. The number of amides is 1. The topological polar surface area (TPSA) is 112 Å². The average molecular weight is 491 g/mol. The van der Waals surface area contributed by atoms with E-state index in [-0.39, 0.29) is 4.90 Å². The maximum absolute atomic E-state index is 12.8. The smallest absolute Gasteiger partial charge is 0.248 e. The molecule has 35 heavy (non-hydrogen) atoms. The zero-order valence-electron chi connectivity index (χ0n) is 19.7. The van der Waals surface area contributed by atoms with Crippen LogP contribution in [0.25, 0.3) is 27.7 Å². The molecule has 1 aromatic heterocycles. The van der Waals surface area contributed by atoms with Crippen molar-refractivity contribution in [3.05, 3.63) is 84.1 Å². The van der Waals surface area contributed by atoms with E-state index >= 15 is 0 Å². The van der Waals surface area contributed by atoms with Crippen molar-refractivity contribution in [3.63, 3.8) is 0 Å². The van der Waals surface area contributed by atoms with Gasteiger partial charge in [-0.1, -0.05) is 36.4 Å². The fraction of sp³-hybridized carbons (Fsp3) is 0.148. The SMILES string of the molecule is CCOc1c(/C(C)=C/C(=O)Nc2cccc(S(N)(=O)=O)c2)cc2c(-c3ccccc3)coc2c1C. The minimum Gasteiger partial charge on any atom is -0.493 e. The Kier molecular flexibility index (Phi) is 6.77. The number of furan rings is 1. The van der Waals surface area contributed by atoms with Crippen LogP contribution in [0.5, 0.6) is 5.75 Å². The number of benzene rings is 3. The number of nitrogens with one attached hydrogen (secondary N) is 1. The van der Waals surface area contributed by atoms with E-state index in [1.54, 1.807) is 12.3 Å². The summed E-state index contributed by atoms with van der Waals surface area (Å²) in [5.74, 6) is 0.233. The van der Waals surface area contributed by atoms with E-state index in [4.69, 9.17) is 14.3 Å². The van der Waals surface area contributed by atoms with Crippen molar-refractivity contribution < 1.29 is 22.4 Å². The van der Waals surface area contributed by atoms with Crippen LogP contribution in [-0.4, -0.2) is 20.9 Å². The van der Waals surface area contributed by atoms with Gasteiger partial charge in [-0.05, 0) is 56.2 Å². The molecule has 3 N–H and O–H groups in total. The second kappa shape index (κ2) is 9.77.